The van der Waals surface area contributed by atoms with Crippen LogP contribution in [0, 0.1) is 5.41 Å². The molecule has 0 unspecified atom stereocenters. The smallest absolute Gasteiger partial charge is 0.254 e. The first-order chi connectivity index (χ1) is 16.6. The fourth-order valence-corrected chi connectivity index (χ4v) is 4.34. The fourth-order valence-electron chi connectivity index (χ4n) is 3.31. The van der Waals surface area contributed by atoms with Crippen LogP contribution in [0.4, 0.5) is 5.82 Å². The highest BCUT2D eigenvalue weighted by molar-refractivity contribution is 7.16. The van der Waals surface area contributed by atoms with E-state index in [1.54, 1.807) is 39.0 Å². The van der Waals surface area contributed by atoms with Crippen LogP contribution in [-0.2, 0) is 13.1 Å². The van der Waals surface area contributed by atoms with Gasteiger partial charge >= 0.3 is 0 Å². The molecule has 0 aromatic carbocycles. The van der Waals surface area contributed by atoms with Gasteiger partial charge in [0.25, 0.3) is 11.5 Å². The number of hydrogen-bond acceptors (Lipinski definition) is 8. The molecule has 4 heterocycles. The van der Waals surface area contributed by atoms with Gasteiger partial charge in [0.15, 0.2) is 5.78 Å². The lowest BCUT2D eigenvalue weighted by Gasteiger charge is -2.18. The molecule has 0 fully saturated rings. The Balaban J connectivity index is 1.73. The maximum absolute atomic E-state index is 13.2. The number of nitrogens with zero attached hydrogens (tertiary/aromatic N) is 5. The molecule has 0 atom stereocenters. The van der Waals surface area contributed by atoms with E-state index in [1.165, 1.54) is 45.4 Å². The lowest BCUT2D eigenvalue weighted by atomic mass is 9.96. The van der Waals surface area contributed by atoms with Gasteiger partial charge in [0.05, 0.1) is 28.7 Å². The molecule has 4 aromatic heterocycles. The average molecular weight is 511 g/mol. The molecular formula is C24H23ClN6O3S. The summed E-state index contributed by atoms with van der Waals surface area (Å²) in [7, 11) is 0. The number of nitrogens with one attached hydrogen (secondary N) is 1. The maximum Gasteiger partial charge on any atom is 0.254 e. The number of pyridine rings is 1. The second kappa shape index (κ2) is 9.93. The van der Waals surface area contributed by atoms with E-state index in [9.17, 15) is 14.4 Å². The van der Waals surface area contributed by atoms with Gasteiger partial charge in [-0.2, -0.15) is 9.78 Å². The van der Waals surface area contributed by atoms with E-state index in [0.29, 0.717) is 33.7 Å². The Hall–Kier alpha value is -3.63. The van der Waals surface area contributed by atoms with Gasteiger partial charge in [0.2, 0.25) is 0 Å². The molecule has 0 amide bonds. The average Bonchev–Trinajstić information content (AvgIpc) is 3.44. The lowest BCUT2D eigenvalue weighted by Crippen LogP contribution is -2.29. The summed E-state index contributed by atoms with van der Waals surface area (Å²) in [5, 5.41) is 7.78. The van der Waals surface area contributed by atoms with Gasteiger partial charge in [-0.3, -0.25) is 19.0 Å². The van der Waals surface area contributed by atoms with Crippen molar-refractivity contribution in [2.75, 3.05) is 5.32 Å². The van der Waals surface area contributed by atoms with Gasteiger partial charge in [0.1, 0.15) is 17.8 Å². The quantitative estimate of drug-likeness (QED) is 0.367. The molecule has 4 rings (SSSR count). The first kappa shape index (κ1) is 24.5. The number of anilines is 1. The summed E-state index contributed by atoms with van der Waals surface area (Å²) in [6.07, 6.45) is 4.13. The predicted molar refractivity (Wildman–Crippen MR) is 135 cm³/mol. The zero-order chi connectivity index (χ0) is 25.2. The van der Waals surface area contributed by atoms with Crippen molar-refractivity contribution in [2.24, 2.45) is 5.41 Å². The minimum Gasteiger partial charge on any atom is -0.365 e. The van der Waals surface area contributed by atoms with Crippen LogP contribution in [0.15, 0.2) is 59.9 Å². The second-order valence-corrected chi connectivity index (χ2v) is 10.6. The van der Waals surface area contributed by atoms with Crippen LogP contribution in [-0.4, -0.2) is 36.0 Å². The van der Waals surface area contributed by atoms with Gasteiger partial charge in [-0.1, -0.05) is 38.4 Å². The third-order valence-corrected chi connectivity index (χ3v) is 6.34. The lowest BCUT2D eigenvalue weighted by molar-refractivity contribution is 0.0752. The van der Waals surface area contributed by atoms with E-state index < -0.39 is 5.41 Å². The number of aromatic nitrogens is 5. The zero-order valence-corrected chi connectivity index (χ0v) is 20.9. The van der Waals surface area contributed by atoms with Crippen LogP contribution in [0.25, 0.3) is 11.4 Å². The Kier molecular flexibility index (Phi) is 6.95. The Morgan fingerprint density at radius 1 is 1.11 bits per heavy atom. The molecule has 0 spiro atoms. The molecule has 0 bridgehead atoms. The van der Waals surface area contributed by atoms with Crippen molar-refractivity contribution in [2.45, 2.75) is 33.9 Å². The van der Waals surface area contributed by atoms with Crippen LogP contribution in [0.5, 0.6) is 0 Å². The van der Waals surface area contributed by atoms with Crippen molar-refractivity contribution in [1.82, 2.24) is 24.3 Å². The summed E-state index contributed by atoms with van der Waals surface area (Å²) >= 11 is 7.47. The van der Waals surface area contributed by atoms with Gasteiger partial charge in [-0.05, 0) is 18.2 Å². The van der Waals surface area contributed by atoms with Gasteiger partial charge < -0.3 is 5.32 Å². The molecule has 4 aromatic rings. The molecule has 0 saturated carbocycles. The number of carbonyl (C=O) groups excluding carboxylic acids is 2. The van der Waals surface area contributed by atoms with E-state index in [-0.39, 0.29) is 23.8 Å². The van der Waals surface area contributed by atoms with Crippen LogP contribution in [0.2, 0.25) is 4.34 Å². The van der Waals surface area contributed by atoms with E-state index in [0.717, 1.165) is 4.88 Å². The van der Waals surface area contributed by atoms with Crippen molar-refractivity contribution in [3.8, 4) is 11.4 Å². The Morgan fingerprint density at radius 2 is 1.86 bits per heavy atom. The highest BCUT2D eigenvalue weighted by Gasteiger charge is 2.27. The number of carbonyl (C=O) groups is 2. The number of thiophene rings is 1. The third-order valence-electron chi connectivity index (χ3n) is 5.11. The van der Waals surface area contributed by atoms with Gasteiger partial charge in [0, 0.05) is 34.8 Å². The van der Waals surface area contributed by atoms with E-state index in [2.05, 4.69) is 20.4 Å². The summed E-state index contributed by atoms with van der Waals surface area (Å²) in [4.78, 5) is 47.4. The monoisotopic (exact) mass is 510 g/mol. The predicted octanol–water partition coefficient (Wildman–Crippen LogP) is 4.40. The molecule has 180 valence electrons. The van der Waals surface area contributed by atoms with Gasteiger partial charge in [-0.25, -0.2) is 9.97 Å². The first-order valence-electron chi connectivity index (χ1n) is 10.7. The summed E-state index contributed by atoms with van der Waals surface area (Å²) < 4.78 is 3.30. The number of halogens is 1. The van der Waals surface area contributed by atoms with Crippen molar-refractivity contribution in [3.63, 3.8) is 0 Å². The van der Waals surface area contributed by atoms with Crippen molar-refractivity contribution >= 4 is 40.4 Å². The van der Waals surface area contributed by atoms with Crippen LogP contribution >= 0.6 is 22.9 Å². The van der Waals surface area contributed by atoms with E-state index in [4.69, 9.17) is 11.6 Å². The first-order valence-corrected chi connectivity index (χ1v) is 11.9. The molecule has 0 aliphatic heterocycles. The molecule has 0 aliphatic carbocycles. The minimum atomic E-state index is -0.703. The highest BCUT2D eigenvalue weighted by atomic mass is 35.5. The van der Waals surface area contributed by atoms with E-state index in [1.807, 2.05) is 12.1 Å². The summed E-state index contributed by atoms with van der Waals surface area (Å²) in [6, 6.07) is 10.1. The number of rotatable bonds is 7. The molecule has 0 aliphatic rings. The molecule has 0 saturated heterocycles. The fraction of sp³-hybridized carbons (Fsp3) is 0.250. The molecule has 11 heteroatoms. The summed E-state index contributed by atoms with van der Waals surface area (Å²) in [5.41, 5.74) is 0.00670. The Bertz CT molecular complexity index is 1440. The van der Waals surface area contributed by atoms with E-state index >= 15 is 0 Å². The third kappa shape index (κ3) is 5.55. The van der Waals surface area contributed by atoms with Crippen molar-refractivity contribution < 1.29 is 9.59 Å². The van der Waals surface area contributed by atoms with Crippen LogP contribution in [0.3, 0.4) is 0 Å². The number of hydrogen-bond donors (Lipinski definition) is 1. The van der Waals surface area contributed by atoms with Gasteiger partial charge in [-0.15, -0.1) is 11.3 Å². The summed E-state index contributed by atoms with van der Waals surface area (Å²) in [5.74, 6) is -0.0776. The van der Waals surface area contributed by atoms with Crippen LogP contribution < -0.4 is 10.9 Å². The second-order valence-electron chi connectivity index (χ2n) is 8.83. The largest absolute Gasteiger partial charge is 0.365 e. The molecule has 0 radical (unpaired) electrons. The molecular weight excluding hydrogens is 488 g/mol. The normalized spacial score (nSPS) is 11.4. The minimum absolute atomic E-state index is 0.223. The standard InChI is InChI=1S/C24H23ClN6O3S/c1-24(2,3)23(34)31-21(28-12-16-7-8-20(25)35-16)9-17(29-31)18-5-4-6-22(33)30(18)13-19(32)15-10-26-14-27-11-15/h4-11,14,28H,12-13H2,1-3H3. The van der Waals surface area contributed by atoms with Crippen molar-refractivity contribution in [1.29, 1.82) is 0 Å². The maximum atomic E-state index is 13.2. The zero-order valence-electron chi connectivity index (χ0n) is 19.4. The molecule has 1 N–H and O–H groups in total. The highest BCUT2D eigenvalue weighted by Crippen LogP contribution is 2.27. The molecule has 9 nitrogen and oxygen atoms in total. The number of ketones is 1. The van der Waals surface area contributed by atoms with Crippen molar-refractivity contribution in [3.05, 3.63) is 80.2 Å². The Labute approximate surface area is 210 Å². The Morgan fingerprint density at radius 3 is 2.51 bits per heavy atom. The summed E-state index contributed by atoms with van der Waals surface area (Å²) in [6.45, 7) is 5.63. The van der Waals surface area contributed by atoms with Crippen LogP contribution in [0.1, 0.15) is 40.8 Å². The number of Topliss-reactive ketones (excluding diaryl/α,β-unsaturated/α-hetero) is 1. The topological polar surface area (TPSA) is 112 Å². The SMILES string of the molecule is CC(C)(C)C(=O)n1nc(-c2cccc(=O)n2CC(=O)c2cncnc2)cc1NCc1ccc(Cl)s1. The molecule has 35 heavy (non-hydrogen) atoms.